The Hall–Kier alpha value is -4.28. The first-order valence-electron chi connectivity index (χ1n) is 10.2. The van der Waals surface area contributed by atoms with Gasteiger partial charge < -0.3 is 14.0 Å². The summed E-state index contributed by atoms with van der Waals surface area (Å²) in [6, 6.07) is 10.7. The third kappa shape index (κ3) is 3.47. The van der Waals surface area contributed by atoms with Gasteiger partial charge in [0.2, 0.25) is 11.7 Å². The van der Waals surface area contributed by atoms with Crippen LogP contribution in [0.15, 0.2) is 57.3 Å². The van der Waals surface area contributed by atoms with Gasteiger partial charge in [0.1, 0.15) is 6.54 Å². The maximum atomic E-state index is 13.2. The van der Waals surface area contributed by atoms with Crippen molar-refractivity contribution in [1.29, 1.82) is 0 Å². The molecule has 0 N–H and O–H groups in total. The van der Waals surface area contributed by atoms with Gasteiger partial charge in [-0.25, -0.2) is 4.90 Å². The van der Waals surface area contributed by atoms with E-state index < -0.39 is 23.9 Å². The van der Waals surface area contributed by atoms with E-state index in [-0.39, 0.29) is 12.4 Å². The Labute approximate surface area is 188 Å². The lowest BCUT2D eigenvalue weighted by molar-refractivity contribution is -0.123. The van der Waals surface area contributed by atoms with Crippen molar-refractivity contribution in [2.24, 2.45) is 10.3 Å². The first kappa shape index (κ1) is 20.6. The van der Waals surface area contributed by atoms with Crippen LogP contribution in [0.3, 0.4) is 0 Å². The number of rotatable bonds is 6. The lowest BCUT2D eigenvalue weighted by atomic mass is 10.1. The van der Waals surface area contributed by atoms with E-state index in [0.717, 1.165) is 16.0 Å². The molecule has 168 valence electrons. The molecule has 2 amide bonds. The molecular weight excluding hydrogens is 428 g/mol. The number of anilines is 1. The molecule has 0 radical (unpaired) electrons. The Bertz CT molecular complexity index is 1270. The number of amides is 2. The summed E-state index contributed by atoms with van der Waals surface area (Å²) in [5, 5.41) is 13.5. The molecule has 0 saturated carbocycles. The lowest BCUT2D eigenvalue weighted by Gasteiger charge is -2.20. The van der Waals surface area contributed by atoms with Gasteiger partial charge in [0.25, 0.3) is 11.8 Å². The van der Waals surface area contributed by atoms with Crippen molar-refractivity contribution in [3.63, 3.8) is 0 Å². The van der Waals surface area contributed by atoms with Crippen molar-refractivity contribution < 1.29 is 23.6 Å². The van der Waals surface area contributed by atoms with Crippen LogP contribution in [0, 0.1) is 6.92 Å². The van der Waals surface area contributed by atoms with Gasteiger partial charge in [-0.1, -0.05) is 34.1 Å². The maximum Gasteiger partial charge on any atom is 0.263 e. The quantitative estimate of drug-likeness (QED) is 0.527. The van der Waals surface area contributed by atoms with Crippen molar-refractivity contribution in [2.75, 3.05) is 19.1 Å². The fourth-order valence-corrected chi connectivity index (χ4v) is 3.93. The fraction of sp³-hybridized carbons (Fsp3) is 0.273. The lowest BCUT2D eigenvalue weighted by Crippen LogP contribution is -2.39. The average Bonchev–Trinajstić information content (AvgIpc) is 3.51. The van der Waals surface area contributed by atoms with Crippen molar-refractivity contribution in [3.05, 3.63) is 53.9 Å². The molecule has 3 heterocycles. The first-order valence-corrected chi connectivity index (χ1v) is 10.2. The largest absolute Gasteiger partial charge is 0.493 e. The zero-order valence-electron chi connectivity index (χ0n) is 18.1. The van der Waals surface area contributed by atoms with Crippen molar-refractivity contribution in [1.82, 2.24) is 15.1 Å². The second-order valence-corrected chi connectivity index (χ2v) is 7.62. The van der Waals surface area contributed by atoms with E-state index in [9.17, 15) is 9.59 Å². The molecule has 0 aliphatic carbocycles. The van der Waals surface area contributed by atoms with E-state index in [1.807, 2.05) is 31.2 Å². The fourth-order valence-electron chi connectivity index (χ4n) is 3.93. The van der Waals surface area contributed by atoms with Gasteiger partial charge in [0.15, 0.2) is 23.6 Å². The summed E-state index contributed by atoms with van der Waals surface area (Å²) in [7, 11) is 2.99. The van der Waals surface area contributed by atoms with Crippen LogP contribution in [0.2, 0.25) is 0 Å². The predicted octanol–water partition coefficient (Wildman–Crippen LogP) is 2.56. The molecule has 2 aromatic carbocycles. The number of aryl methyl sites for hydroxylation is 1. The zero-order valence-corrected chi connectivity index (χ0v) is 18.1. The molecule has 5 rings (SSSR count). The minimum atomic E-state index is -0.940. The number of fused-ring (bicyclic) bond motifs is 1. The average molecular weight is 448 g/mol. The second kappa shape index (κ2) is 8.01. The van der Waals surface area contributed by atoms with Crippen LogP contribution in [0.4, 0.5) is 5.69 Å². The minimum Gasteiger partial charge on any atom is -0.493 e. The van der Waals surface area contributed by atoms with Gasteiger partial charge in [0, 0.05) is 11.6 Å². The molecule has 0 bridgehead atoms. The molecule has 1 fully saturated rings. The number of imide groups is 1. The van der Waals surface area contributed by atoms with E-state index in [2.05, 4.69) is 20.5 Å². The molecule has 11 nitrogen and oxygen atoms in total. The maximum absolute atomic E-state index is 13.2. The number of nitrogens with zero attached hydrogens (tertiary/aromatic N) is 6. The van der Waals surface area contributed by atoms with Gasteiger partial charge in [-0.2, -0.15) is 10.1 Å². The van der Waals surface area contributed by atoms with Crippen LogP contribution < -0.4 is 14.4 Å². The Morgan fingerprint density at radius 1 is 1.03 bits per heavy atom. The molecule has 1 saturated heterocycles. The van der Waals surface area contributed by atoms with Gasteiger partial charge >= 0.3 is 0 Å². The van der Waals surface area contributed by atoms with Crippen LogP contribution in [0.5, 0.6) is 11.5 Å². The van der Waals surface area contributed by atoms with Gasteiger partial charge in [-0.15, -0.1) is 0 Å². The summed E-state index contributed by atoms with van der Waals surface area (Å²) in [4.78, 5) is 31.7. The van der Waals surface area contributed by atoms with Crippen molar-refractivity contribution in [2.45, 2.75) is 25.6 Å². The normalized spacial score (nSPS) is 19.4. The molecule has 0 unspecified atom stereocenters. The Balaban J connectivity index is 1.37. The van der Waals surface area contributed by atoms with Crippen LogP contribution in [-0.2, 0) is 16.1 Å². The smallest absolute Gasteiger partial charge is 0.263 e. The summed E-state index contributed by atoms with van der Waals surface area (Å²) in [5.74, 6) is 0.677. The van der Waals surface area contributed by atoms with Crippen LogP contribution >= 0.6 is 0 Å². The first-order chi connectivity index (χ1) is 16.0. The third-order valence-corrected chi connectivity index (χ3v) is 5.52. The Morgan fingerprint density at radius 3 is 2.61 bits per heavy atom. The second-order valence-electron chi connectivity index (χ2n) is 7.62. The topological polar surface area (TPSA) is 123 Å². The van der Waals surface area contributed by atoms with Crippen LogP contribution in [-0.4, -0.2) is 53.3 Å². The van der Waals surface area contributed by atoms with Gasteiger partial charge in [-0.3, -0.25) is 14.6 Å². The molecule has 2 atom stereocenters. The van der Waals surface area contributed by atoms with E-state index in [4.69, 9.17) is 14.0 Å². The van der Waals surface area contributed by atoms with Gasteiger partial charge in [0.05, 0.1) is 19.9 Å². The van der Waals surface area contributed by atoms with Gasteiger partial charge in [-0.05, 0) is 25.1 Å². The third-order valence-electron chi connectivity index (χ3n) is 5.52. The van der Waals surface area contributed by atoms with Crippen molar-refractivity contribution >= 4 is 17.5 Å². The number of hydrogen-bond donors (Lipinski definition) is 0. The summed E-state index contributed by atoms with van der Waals surface area (Å²) >= 11 is 0. The number of methoxy groups -OCH3 is 2. The van der Waals surface area contributed by atoms with E-state index in [0.29, 0.717) is 23.0 Å². The van der Waals surface area contributed by atoms with E-state index in [1.165, 1.54) is 19.2 Å². The molecule has 2 aliphatic rings. The summed E-state index contributed by atoms with van der Waals surface area (Å²) in [5.41, 5.74) is 2.25. The molecular formula is C22H20N6O5. The zero-order chi connectivity index (χ0) is 23.1. The SMILES string of the molecule is COc1ccc(N2C(=O)[C@@H]3[C@@H](N=NN3Cc3nc(-c4cccc(C)c4)no3)C2=O)cc1OC. The molecule has 1 aromatic heterocycles. The Kier molecular flexibility index (Phi) is 5.00. The number of carbonyl (C=O) groups is 2. The number of benzene rings is 2. The highest BCUT2D eigenvalue weighted by atomic mass is 16.5. The predicted molar refractivity (Wildman–Crippen MR) is 114 cm³/mol. The molecule has 2 aliphatic heterocycles. The summed E-state index contributed by atoms with van der Waals surface area (Å²) in [6.45, 7) is 2.02. The van der Waals surface area contributed by atoms with E-state index >= 15 is 0 Å². The minimum absolute atomic E-state index is 0.0439. The van der Waals surface area contributed by atoms with Crippen molar-refractivity contribution in [3.8, 4) is 22.9 Å². The molecule has 11 heteroatoms. The Morgan fingerprint density at radius 2 is 1.85 bits per heavy atom. The van der Waals surface area contributed by atoms with Crippen LogP contribution in [0.25, 0.3) is 11.4 Å². The molecule has 0 spiro atoms. The van der Waals surface area contributed by atoms with E-state index in [1.54, 1.807) is 18.2 Å². The number of aromatic nitrogens is 2. The molecule has 33 heavy (non-hydrogen) atoms. The number of ether oxygens (including phenoxy) is 2. The highest BCUT2D eigenvalue weighted by molar-refractivity contribution is 6.25. The number of carbonyl (C=O) groups excluding carboxylic acids is 2. The highest BCUT2D eigenvalue weighted by Gasteiger charge is 2.55. The monoisotopic (exact) mass is 448 g/mol. The standard InChI is InChI=1S/C22H20N6O5/c1-12-5-4-6-13(9-12)20-23-17(33-25-20)11-27-19-18(24-26-27)21(29)28(22(19)30)14-7-8-15(31-2)16(10-14)32-3/h4-10,18-19H,11H2,1-3H3/t18-,19+/m1/s1. The van der Waals surface area contributed by atoms with Crippen LogP contribution in [0.1, 0.15) is 11.5 Å². The highest BCUT2D eigenvalue weighted by Crippen LogP contribution is 2.37. The summed E-state index contributed by atoms with van der Waals surface area (Å²) < 4.78 is 15.9. The number of hydrogen-bond acceptors (Lipinski definition) is 10. The molecule has 3 aromatic rings. The summed E-state index contributed by atoms with van der Waals surface area (Å²) in [6.07, 6.45) is 0.